The van der Waals surface area contributed by atoms with Crippen LogP contribution in [-0.4, -0.2) is 40.2 Å². The lowest BCUT2D eigenvalue weighted by atomic mass is 10.5. The standard InChI is InChI=1S/C7H7N9/c1-2-16-4-10-13-7(16)6(8-1)9-3-5-11-14-15-12-5/h1-2,4H,3H2,(H,8,9)(H,11,12,14,15). The van der Waals surface area contributed by atoms with E-state index in [2.05, 4.69) is 41.1 Å². The number of nitrogens with zero attached hydrogens (tertiary/aromatic N) is 7. The molecule has 0 saturated heterocycles. The summed E-state index contributed by atoms with van der Waals surface area (Å²) in [7, 11) is 0. The Morgan fingerprint density at radius 2 is 2.38 bits per heavy atom. The van der Waals surface area contributed by atoms with Gasteiger partial charge in [0.15, 0.2) is 11.6 Å². The third-order valence-corrected chi connectivity index (χ3v) is 2.02. The maximum atomic E-state index is 4.16. The summed E-state index contributed by atoms with van der Waals surface area (Å²) in [5.41, 5.74) is 0.658. The SMILES string of the molecule is c1cn2cnnc2c(NCc2nn[nH]n2)n1. The highest BCUT2D eigenvalue weighted by atomic mass is 15.5. The van der Waals surface area contributed by atoms with Gasteiger partial charge in [0.05, 0.1) is 6.54 Å². The third-order valence-electron chi connectivity index (χ3n) is 2.02. The molecule has 3 aromatic heterocycles. The number of fused-ring (bicyclic) bond motifs is 1. The summed E-state index contributed by atoms with van der Waals surface area (Å²) in [5.74, 6) is 1.19. The van der Waals surface area contributed by atoms with Gasteiger partial charge in [-0.05, 0) is 0 Å². The fraction of sp³-hybridized carbons (Fsp3) is 0.143. The molecule has 0 aromatic carbocycles. The second-order valence-corrected chi connectivity index (χ2v) is 3.02. The molecule has 0 spiro atoms. The molecule has 9 heteroatoms. The molecule has 0 aliphatic rings. The van der Waals surface area contributed by atoms with Crippen LogP contribution in [0, 0.1) is 0 Å². The van der Waals surface area contributed by atoms with Crippen LogP contribution in [0.15, 0.2) is 18.7 Å². The summed E-state index contributed by atoms with van der Waals surface area (Å²) in [4.78, 5) is 4.16. The Morgan fingerprint density at radius 1 is 1.38 bits per heavy atom. The van der Waals surface area contributed by atoms with Gasteiger partial charge in [-0.1, -0.05) is 5.21 Å². The second-order valence-electron chi connectivity index (χ2n) is 3.02. The Balaban J connectivity index is 1.86. The van der Waals surface area contributed by atoms with Crippen molar-refractivity contribution in [1.82, 2.24) is 40.2 Å². The van der Waals surface area contributed by atoms with E-state index in [0.717, 1.165) is 0 Å². The van der Waals surface area contributed by atoms with Gasteiger partial charge in [0, 0.05) is 12.4 Å². The largest absolute Gasteiger partial charge is 0.359 e. The Kier molecular flexibility index (Phi) is 1.92. The van der Waals surface area contributed by atoms with Crippen molar-refractivity contribution in [1.29, 1.82) is 0 Å². The van der Waals surface area contributed by atoms with E-state index in [4.69, 9.17) is 0 Å². The fourth-order valence-corrected chi connectivity index (χ4v) is 1.30. The van der Waals surface area contributed by atoms with Crippen LogP contribution in [0.4, 0.5) is 5.82 Å². The highest BCUT2D eigenvalue weighted by molar-refractivity contribution is 5.61. The molecule has 3 aromatic rings. The first kappa shape index (κ1) is 8.71. The molecule has 0 aliphatic carbocycles. The third kappa shape index (κ3) is 1.43. The lowest BCUT2D eigenvalue weighted by Gasteiger charge is -2.02. The van der Waals surface area contributed by atoms with E-state index in [0.29, 0.717) is 23.8 Å². The van der Waals surface area contributed by atoms with Crippen molar-refractivity contribution in [2.45, 2.75) is 6.54 Å². The van der Waals surface area contributed by atoms with Crippen LogP contribution in [0.3, 0.4) is 0 Å². The molecule has 0 fully saturated rings. The number of aromatic nitrogens is 8. The van der Waals surface area contributed by atoms with Crippen LogP contribution in [-0.2, 0) is 6.54 Å². The maximum absolute atomic E-state index is 4.16. The first-order valence-electron chi connectivity index (χ1n) is 4.54. The van der Waals surface area contributed by atoms with E-state index in [9.17, 15) is 0 Å². The number of hydrogen-bond acceptors (Lipinski definition) is 7. The van der Waals surface area contributed by atoms with Crippen LogP contribution in [0.2, 0.25) is 0 Å². The molecule has 2 N–H and O–H groups in total. The van der Waals surface area contributed by atoms with Crippen molar-refractivity contribution >= 4 is 11.5 Å². The van der Waals surface area contributed by atoms with Crippen molar-refractivity contribution in [2.75, 3.05) is 5.32 Å². The molecule has 3 heterocycles. The number of anilines is 1. The van der Waals surface area contributed by atoms with Gasteiger partial charge in [-0.25, -0.2) is 4.98 Å². The molecular formula is C7H7N9. The summed E-state index contributed by atoms with van der Waals surface area (Å²) in [6.45, 7) is 0.427. The fourth-order valence-electron chi connectivity index (χ4n) is 1.30. The first-order chi connectivity index (χ1) is 7.93. The van der Waals surface area contributed by atoms with E-state index in [1.807, 2.05) is 0 Å². The Hall–Kier alpha value is -2.58. The average Bonchev–Trinajstić information content (AvgIpc) is 2.97. The van der Waals surface area contributed by atoms with Crippen LogP contribution in [0.5, 0.6) is 0 Å². The van der Waals surface area contributed by atoms with Gasteiger partial charge in [0.2, 0.25) is 5.65 Å². The lowest BCUT2D eigenvalue weighted by Crippen LogP contribution is -2.05. The summed E-state index contributed by atoms with van der Waals surface area (Å²) < 4.78 is 1.77. The maximum Gasteiger partial charge on any atom is 0.203 e. The zero-order chi connectivity index (χ0) is 10.8. The minimum absolute atomic E-state index is 0.427. The van der Waals surface area contributed by atoms with Crippen molar-refractivity contribution in [3.63, 3.8) is 0 Å². The smallest absolute Gasteiger partial charge is 0.203 e. The second kappa shape index (κ2) is 3.53. The molecule has 16 heavy (non-hydrogen) atoms. The van der Waals surface area contributed by atoms with Crippen LogP contribution >= 0.6 is 0 Å². The number of hydrogen-bond donors (Lipinski definition) is 2. The molecule has 0 amide bonds. The predicted molar refractivity (Wildman–Crippen MR) is 52.3 cm³/mol. The number of aromatic amines is 1. The molecule has 0 atom stereocenters. The van der Waals surface area contributed by atoms with Crippen molar-refractivity contribution in [3.05, 3.63) is 24.5 Å². The molecule has 80 valence electrons. The van der Waals surface area contributed by atoms with Gasteiger partial charge < -0.3 is 5.32 Å². The molecule has 0 aliphatic heterocycles. The van der Waals surface area contributed by atoms with Crippen molar-refractivity contribution < 1.29 is 0 Å². The first-order valence-corrected chi connectivity index (χ1v) is 4.54. The zero-order valence-electron chi connectivity index (χ0n) is 8.07. The average molecular weight is 217 g/mol. The predicted octanol–water partition coefficient (Wildman–Crippen LogP) is -0.751. The van der Waals surface area contributed by atoms with Crippen LogP contribution < -0.4 is 5.32 Å². The van der Waals surface area contributed by atoms with Gasteiger partial charge >= 0.3 is 0 Å². The van der Waals surface area contributed by atoms with Crippen molar-refractivity contribution in [2.24, 2.45) is 0 Å². The van der Waals surface area contributed by atoms with E-state index in [1.165, 1.54) is 0 Å². The Morgan fingerprint density at radius 3 is 3.25 bits per heavy atom. The van der Waals surface area contributed by atoms with Gasteiger partial charge in [-0.2, -0.15) is 5.21 Å². The molecule has 0 unspecified atom stereocenters. The number of nitrogens with one attached hydrogen (secondary N) is 2. The monoisotopic (exact) mass is 217 g/mol. The molecule has 3 rings (SSSR count). The van der Waals surface area contributed by atoms with Gasteiger partial charge in [0.25, 0.3) is 0 Å². The van der Waals surface area contributed by atoms with E-state index >= 15 is 0 Å². The quantitative estimate of drug-likeness (QED) is 0.593. The van der Waals surface area contributed by atoms with Gasteiger partial charge in [0.1, 0.15) is 6.33 Å². The van der Waals surface area contributed by atoms with Gasteiger partial charge in [-0.15, -0.1) is 20.4 Å². The zero-order valence-corrected chi connectivity index (χ0v) is 8.07. The summed E-state index contributed by atoms with van der Waals surface area (Å²) >= 11 is 0. The minimum atomic E-state index is 0.427. The van der Waals surface area contributed by atoms with Crippen LogP contribution in [0.1, 0.15) is 5.82 Å². The summed E-state index contributed by atoms with van der Waals surface area (Å²) in [6.07, 6.45) is 5.04. The van der Waals surface area contributed by atoms with Crippen molar-refractivity contribution in [3.8, 4) is 0 Å². The molecule has 9 nitrogen and oxygen atoms in total. The minimum Gasteiger partial charge on any atom is -0.359 e. The number of H-pyrrole nitrogens is 1. The molecule has 0 radical (unpaired) electrons. The molecular weight excluding hydrogens is 210 g/mol. The highest BCUT2D eigenvalue weighted by Gasteiger charge is 2.05. The Labute approximate surface area is 88.9 Å². The highest BCUT2D eigenvalue weighted by Crippen LogP contribution is 2.09. The molecule has 0 bridgehead atoms. The lowest BCUT2D eigenvalue weighted by molar-refractivity contribution is 0.881. The van der Waals surface area contributed by atoms with E-state index < -0.39 is 0 Å². The Bertz CT molecular complexity index is 583. The van der Waals surface area contributed by atoms with E-state index in [1.54, 1.807) is 23.1 Å². The summed E-state index contributed by atoms with van der Waals surface area (Å²) in [6, 6.07) is 0. The van der Waals surface area contributed by atoms with Crippen LogP contribution in [0.25, 0.3) is 5.65 Å². The number of rotatable bonds is 3. The van der Waals surface area contributed by atoms with E-state index in [-0.39, 0.29) is 0 Å². The topological polar surface area (TPSA) is 110 Å². The summed E-state index contributed by atoms with van der Waals surface area (Å²) in [5, 5.41) is 24.3. The molecule has 0 saturated carbocycles. The normalized spacial score (nSPS) is 10.8. The number of tetrazole rings is 1. The van der Waals surface area contributed by atoms with Gasteiger partial charge in [-0.3, -0.25) is 4.40 Å².